The third-order valence-corrected chi connectivity index (χ3v) is 3.65. The van der Waals surface area contributed by atoms with Gasteiger partial charge in [0.25, 0.3) is 0 Å². The molecule has 0 heterocycles. The van der Waals surface area contributed by atoms with Crippen LogP contribution in [0.15, 0.2) is 0 Å². The first-order valence-electron chi connectivity index (χ1n) is 5.00. The Labute approximate surface area is 135 Å². The quantitative estimate of drug-likeness (QED) is 0.335. The van der Waals surface area contributed by atoms with Gasteiger partial charge in [-0.2, -0.15) is 0 Å². The Bertz CT molecular complexity index is 238. The Morgan fingerprint density at radius 1 is 1.27 bits per heavy atom. The molecule has 0 spiro atoms. The van der Waals surface area contributed by atoms with Crippen LogP contribution >= 0.6 is 0 Å². The van der Waals surface area contributed by atoms with E-state index in [1.807, 2.05) is 0 Å². The van der Waals surface area contributed by atoms with E-state index in [9.17, 15) is 13.0 Å². The standard InChI is InChI=1S/C9H20O4S.K/c1-3-9(14(11,12)13)7-5-4-6-8(2)10;/h8-10H,3-7H2,1-2H3,(H,11,12,13);/q;+1/p-1. The Hall–Kier alpha value is 1.51. The minimum absolute atomic E-state index is 0. The summed E-state index contributed by atoms with van der Waals surface area (Å²) < 4.78 is 32.1. The predicted molar refractivity (Wildman–Crippen MR) is 53.9 cm³/mol. The Kier molecular flexibility index (Phi) is 12.0. The van der Waals surface area contributed by atoms with Crippen molar-refractivity contribution in [2.75, 3.05) is 0 Å². The predicted octanol–water partition coefficient (Wildman–Crippen LogP) is -1.74. The van der Waals surface area contributed by atoms with Crippen molar-refractivity contribution in [2.45, 2.75) is 57.3 Å². The molecule has 0 bridgehead atoms. The summed E-state index contributed by atoms with van der Waals surface area (Å²) in [5, 5.41) is 8.20. The maximum absolute atomic E-state index is 10.7. The van der Waals surface area contributed by atoms with Crippen molar-refractivity contribution >= 4 is 10.1 Å². The molecule has 0 aliphatic heterocycles. The fourth-order valence-corrected chi connectivity index (χ4v) is 2.23. The van der Waals surface area contributed by atoms with Crippen molar-refractivity contribution in [1.82, 2.24) is 0 Å². The van der Waals surface area contributed by atoms with E-state index in [1.165, 1.54) is 0 Å². The van der Waals surface area contributed by atoms with Crippen molar-refractivity contribution < 1.29 is 69.5 Å². The van der Waals surface area contributed by atoms with Gasteiger partial charge in [0, 0.05) is 5.25 Å². The van der Waals surface area contributed by atoms with Gasteiger partial charge >= 0.3 is 51.4 Å². The van der Waals surface area contributed by atoms with Gasteiger partial charge < -0.3 is 9.66 Å². The largest absolute Gasteiger partial charge is 1.00 e. The van der Waals surface area contributed by atoms with Gasteiger partial charge in [0.05, 0.1) is 16.2 Å². The van der Waals surface area contributed by atoms with Gasteiger partial charge in [0.2, 0.25) is 0 Å². The zero-order valence-electron chi connectivity index (χ0n) is 9.77. The Balaban J connectivity index is 0. The molecule has 0 amide bonds. The summed E-state index contributed by atoms with van der Waals surface area (Å²) >= 11 is 0. The first-order chi connectivity index (χ1) is 6.38. The van der Waals surface area contributed by atoms with Crippen LogP contribution in [0.3, 0.4) is 0 Å². The van der Waals surface area contributed by atoms with Crippen molar-refractivity contribution in [2.24, 2.45) is 0 Å². The van der Waals surface area contributed by atoms with Crippen molar-refractivity contribution in [3.63, 3.8) is 0 Å². The zero-order valence-corrected chi connectivity index (χ0v) is 13.7. The van der Waals surface area contributed by atoms with E-state index < -0.39 is 15.4 Å². The number of rotatable bonds is 7. The summed E-state index contributed by atoms with van der Waals surface area (Å²) in [6, 6.07) is 0. The fraction of sp³-hybridized carbons (Fsp3) is 1.00. The van der Waals surface area contributed by atoms with Crippen LogP contribution in [0.4, 0.5) is 0 Å². The molecule has 0 aromatic rings. The van der Waals surface area contributed by atoms with Crippen molar-refractivity contribution in [1.29, 1.82) is 0 Å². The average Bonchev–Trinajstić information content (AvgIpc) is 2.01. The van der Waals surface area contributed by atoms with E-state index in [2.05, 4.69) is 0 Å². The van der Waals surface area contributed by atoms with Crippen molar-refractivity contribution in [3.05, 3.63) is 0 Å². The van der Waals surface area contributed by atoms with Crippen LogP contribution in [0.2, 0.25) is 0 Å². The molecular weight excluding hydrogens is 243 g/mol. The minimum Gasteiger partial charge on any atom is -0.748 e. The second-order valence-corrected chi connectivity index (χ2v) is 5.31. The first-order valence-corrected chi connectivity index (χ1v) is 6.47. The summed E-state index contributed by atoms with van der Waals surface area (Å²) in [5.41, 5.74) is 0. The average molecular weight is 262 g/mol. The molecule has 1 N–H and O–H groups in total. The summed E-state index contributed by atoms with van der Waals surface area (Å²) in [4.78, 5) is 0. The molecule has 0 saturated carbocycles. The SMILES string of the molecule is CCC(CCCCC(C)O)S(=O)(=O)[O-].[K+]. The molecule has 2 atom stereocenters. The van der Waals surface area contributed by atoms with Gasteiger partial charge in [-0.3, -0.25) is 0 Å². The van der Waals surface area contributed by atoms with Gasteiger partial charge in [-0.05, 0) is 26.2 Å². The van der Waals surface area contributed by atoms with Crippen LogP contribution in [0.5, 0.6) is 0 Å². The van der Waals surface area contributed by atoms with E-state index in [1.54, 1.807) is 13.8 Å². The monoisotopic (exact) mass is 262 g/mol. The molecule has 0 saturated heterocycles. The molecule has 6 heteroatoms. The Morgan fingerprint density at radius 3 is 2.07 bits per heavy atom. The van der Waals surface area contributed by atoms with Crippen LogP contribution in [-0.4, -0.2) is 29.4 Å². The Morgan fingerprint density at radius 2 is 1.73 bits per heavy atom. The number of aliphatic hydroxyl groups excluding tert-OH is 1. The van der Waals surface area contributed by atoms with E-state index >= 15 is 0 Å². The topological polar surface area (TPSA) is 77.4 Å². The van der Waals surface area contributed by atoms with E-state index in [4.69, 9.17) is 5.11 Å². The summed E-state index contributed by atoms with van der Waals surface area (Å²) in [6.07, 6.45) is 2.55. The molecule has 0 radical (unpaired) electrons. The summed E-state index contributed by atoms with van der Waals surface area (Å²) in [7, 11) is -4.13. The molecule has 0 aliphatic rings. The molecule has 4 nitrogen and oxygen atoms in total. The van der Waals surface area contributed by atoms with Gasteiger partial charge in [0.15, 0.2) is 0 Å². The molecule has 0 rings (SSSR count). The normalized spacial score (nSPS) is 15.5. The zero-order chi connectivity index (χ0) is 11.2. The maximum Gasteiger partial charge on any atom is 1.00 e. The summed E-state index contributed by atoms with van der Waals surface area (Å²) in [5.74, 6) is 0. The second-order valence-electron chi connectivity index (χ2n) is 3.66. The minimum atomic E-state index is -4.13. The van der Waals surface area contributed by atoms with Crippen LogP contribution < -0.4 is 51.4 Å². The fourth-order valence-electron chi connectivity index (χ4n) is 1.36. The van der Waals surface area contributed by atoms with E-state index in [0.29, 0.717) is 25.7 Å². The first kappa shape index (κ1) is 18.9. The number of hydrogen-bond donors (Lipinski definition) is 1. The van der Waals surface area contributed by atoms with Crippen molar-refractivity contribution in [3.8, 4) is 0 Å². The van der Waals surface area contributed by atoms with Gasteiger partial charge in [-0.1, -0.05) is 19.8 Å². The number of hydrogen-bond acceptors (Lipinski definition) is 4. The van der Waals surface area contributed by atoms with Gasteiger partial charge in [-0.25, -0.2) is 8.42 Å². The molecule has 0 fully saturated rings. The smallest absolute Gasteiger partial charge is 0.748 e. The van der Waals surface area contributed by atoms with Crippen LogP contribution in [0.1, 0.15) is 46.0 Å². The number of aliphatic hydroxyl groups is 1. The summed E-state index contributed by atoms with van der Waals surface area (Å²) in [6.45, 7) is 3.40. The molecule has 0 aliphatic carbocycles. The molecule has 86 valence electrons. The molecule has 0 aromatic heterocycles. The maximum atomic E-state index is 10.7. The van der Waals surface area contributed by atoms with E-state index in [0.717, 1.165) is 6.42 Å². The molecule has 2 unspecified atom stereocenters. The van der Waals surface area contributed by atoms with Crippen LogP contribution in [0.25, 0.3) is 0 Å². The van der Waals surface area contributed by atoms with Crippen LogP contribution in [-0.2, 0) is 10.1 Å². The molecule has 0 aromatic carbocycles. The van der Waals surface area contributed by atoms with Crippen LogP contribution in [0, 0.1) is 0 Å². The van der Waals surface area contributed by atoms with E-state index in [-0.39, 0.29) is 57.5 Å². The third-order valence-electron chi connectivity index (χ3n) is 2.26. The third kappa shape index (κ3) is 10.4. The van der Waals surface area contributed by atoms with Gasteiger partial charge in [-0.15, -0.1) is 0 Å². The molecular formula is C9H19KO4S. The van der Waals surface area contributed by atoms with Gasteiger partial charge in [0.1, 0.15) is 0 Å². The second kappa shape index (κ2) is 9.53. The number of unbranched alkanes of at least 4 members (excludes halogenated alkanes) is 1. The molecule has 15 heavy (non-hydrogen) atoms.